The van der Waals surface area contributed by atoms with Crippen LogP contribution in [0.1, 0.15) is 31.9 Å². The maximum Gasteiger partial charge on any atom is 0.225 e. The van der Waals surface area contributed by atoms with Gasteiger partial charge in [-0.25, -0.2) is 4.98 Å². The molecule has 0 atom stereocenters. The number of amides is 1. The summed E-state index contributed by atoms with van der Waals surface area (Å²) in [7, 11) is 0. The Bertz CT molecular complexity index is 432. The van der Waals surface area contributed by atoms with Crippen LogP contribution in [0.4, 0.5) is 5.82 Å². The first-order valence-corrected chi connectivity index (χ1v) is 5.72. The first kappa shape index (κ1) is 13.2. The molecule has 90 valence electrons. The molecule has 1 rings (SSSR count). The van der Waals surface area contributed by atoms with Crippen LogP contribution in [0.15, 0.2) is 18.2 Å². The van der Waals surface area contributed by atoms with Crippen molar-refractivity contribution in [2.45, 2.75) is 26.2 Å². The van der Waals surface area contributed by atoms with Gasteiger partial charge in [0.15, 0.2) is 0 Å². The summed E-state index contributed by atoms with van der Waals surface area (Å²) in [6, 6.07) is 5.34. The third-order valence-electron chi connectivity index (χ3n) is 2.09. The van der Waals surface area contributed by atoms with Gasteiger partial charge in [-0.15, -0.1) is 0 Å². The highest BCUT2D eigenvalue weighted by Gasteiger charge is 2.02. The van der Waals surface area contributed by atoms with Crippen molar-refractivity contribution < 1.29 is 4.79 Å². The molecule has 0 saturated heterocycles. The number of carbonyl (C=O) groups excluding carboxylic acids is 1. The fraction of sp³-hybridized carbons (Fsp3) is 0.385. The molecule has 1 amide bonds. The van der Waals surface area contributed by atoms with Crippen LogP contribution in [0, 0.1) is 11.8 Å². The lowest BCUT2D eigenvalue weighted by molar-refractivity contribution is -0.116. The van der Waals surface area contributed by atoms with E-state index in [4.69, 9.17) is 5.73 Å². The molecule has 0 spiro atoms. The second kappa shape index (κ2) is 7.42. The summed E-state index contributed by atoms with van der Waals surface area (Å²) in [4.78, 5) is 15.7. The molecule has 17 heavy (non-hydrogen) atoms. The van der Waals surface area contributed by atoms with Crippen molar-refractivity contribution in [2.75, 3.05) is 11.9 Å². The number of pyridine rings is 1. The number of hydrogen-bond acceptors (Lipinski definition) is 3. The van der Waals surface area contributed by atoms with E-state index in [0.717, 1.165) is 12.8 Å². The van der Waals surface area contributed by atoms with Crippen LogP contribution in [0.2, 0.25) is 0 Å². The highest BCUT2D eigenvalue weighted by molar-refractivity contribution is 5.89. The van der Waals surface area contributed by atoms with E-state index in [1.165, 1.54) is 0 Å². The SMILES string of the molecule is CCCCC(=O)Nc1cccc(C#CCN)n1. The number of hydrogen-bond donors (Lipinski definition) is 2. The average Bonchev–Trinajstić information content (AvgIpc) is 2.34. The first-order chi connectivity index (χ1) is 8.26. The van der Waals surface area contributed by atoms with E-state index in [0.29, 0.717) is 24.5 Å². The maximum absolute atomic E-state index is 11.5. The van der Waals surface area contributed by atoms with Gasteiger partial charge in [-0.2, -0.15) is 0 Å². The van der Waals surface area contributed by atoms with Gasteiger partial charge < -0.3 is 11.1 Å². The van der Waals surface area contributed by atoms with Crippen molar-refractivity contribution in [3.63, 3.8) is 0 Å². The standard InChI is InChI=1S/C13H17N3O/c1-2-3-9-13(17)16-12-8-4-6-11(15-12)7-5-10-14/h4,6,8H,2-3,9-10,14H2,1H3,(H,15,16,17). The van der Waals surface area contributed by atoms with Gasteiger partial charge in [0.05, 0.1) is 6.54 Å². The van der Waals surface area contributed by atoms with Gasteiger partial charge >= 0.3 is 0 Å². The van der Waals surface area contributed by atoms with E-state index in [9.17, 15) is 4.79 Å². The lowest BCUT2D eigenvalue weighted by Crippen LogP contribution is -2.12. The summed E-state index contributed by atoms with van der Waals surface area (Å²) in [5, 5.41) is 2.74. The van der Waals surface area contributed by atoms with Gasteiger partial charge in [0.2, 0.25) is 5.91 Å². The van der Waals surface area contributed by atoms with Crippen molar-refractivity contribution in [3.8, 4) is 11.8 Å². The number of unbranched alkanes of at least 4 members (excludes halogenated alkanes) is 1. The van der Waals surface area contributed by atoms with Crippen LogP contribution in [-0.2, 0) is 4.79 Å². The second-order valence-corrected chi connectivity index (χ2v) is 3.57. The Labute approximate surface area is 102 Å². The zero-order valence-electron chi connectivity index (χ0n) is 9.99. The molecule has 0 radical (unpaired) electrons. The molecule has 0 aromatic carbocycles. The van der Waals surface area contributed by atoms with E-state index in [2.05, 4.69) is 29.1 Å². The number of rotatable bonds is 4. The van der Waals surface area contributed by atoms with Crippen molar-refractivity contribution in [1.29, 1.82) is 0 Å². The molecule has 1 aromatic rings. The fourth-order valence-corrected chi connectivity index (χ4v) is 1.26. The molecular weight excluding hydrogens is 214 g/mol. The molecule has 0 aliphatic heterocycles. The highest BCUT2D eigenvalue weighted by atomic mass is 16.1. The van der Waals surface area contributed by atoms with Gasteiger partial charge in [-0.3, -0.25) is 4.79 Å². The second-order valence-electron chi connectivity index (χ2n) is 3.57. The Kier molecular flexibility index (Phi) is 5.76. The summed E-state index contributed by atoms with van der Waals surface area (Å²) in [6.45, 7) is 2.35. The number of anilines is 1. The number of aromatic nitrogens is 1. The average molecular weight is 231 g/mol. The first-order valence-electron chi connectivity index (χ1n) is 5.72. The number of carbonyl (C=O) groups is 1. The molecule has 0 aliphatic rings. The van der Waals surface area contributed by atoms with Crippen LogP contribution in [0.3, 0.4) is 0 Å². The number of nitrogens with zero attached hydrogens (tertiary/aromatic N) is 1. The molecule has 3 N–H and O–H groups in total. The van der Waals surface area contributed by atoms with Gasteiger partial charge in [-0.1, -0.05) is 25.3 Å². The van der Waals surface area contributed by atoms with E-state index in [1.807, 2.05) is 6.07 Å². The normalized spacial score (nSPS) is 9.29. The summed E-state index contributed by atoms with van der Waals surface area (Å²) in [6.07, 6.45) is 2.41. The minimum atomic E-state index is -0.0108. The minimum Gasteiger partial charge on any atom is -0.320 e. The molecule has 1 heterocycles. The number of nitrogens with one attached hydrogen (secondary N) is 1. The van der Waals surface area contributed by atoms with E-state index >= 15 is 0 Å². The van der Waals surface area contributed by atoms with Gasteiger partial charge in [-0.05, 0) is 24.5 Å². The van der Waals surface area contributed by atoms with Crippen LogP contribution >= 0.6 is 0 Å². The molecule has 0 bridgehead atoms. The lowest BCUT2D eigenvalue weighted by atomic mass is 10.2. The Hall–Kier alpha value is -1.86. The smallest absolute Gasteiger partial charge is 0.225 e. The third kappa shape index (κ3) is 5.14. The van der Waals surface area contributed by atoms with E-state index < -0.39 is 0 Å². The molecule has 0 fully saturated rings. The minimum absolute atomic E-state index is 0.0108. The Balaban J connectivity index is 2.62. The highest BCUT2D eigenvalue weighted by Crippen LogP contribution is 2.05. The van der Waals surface area contributed by atoms with E-state index in [-0.39, 0.29) is 5.91 Å². The third-order valence-corrected chi connectivity index (χ3v) is 2.09. The Morgan fingerprint density at radius 3 is 3.06 bits per heavy atom. The van der Waals surface area contributed by atoms with Crippen LogP contribution in [-0.4, -0.2) is 17.4 Å². The monoisotopic (exact) mass is 231 g/mol. The summed E-state index contributed by atoms with van der Waals surface area (Å²) >= 11 is 0. The Morgan fingerprint density at radius 2 is 2.35 bits per heavy atom. The van der Waals surface area contributed by atoms with Gasteiger partial charge in [0.25, 0.3) is 0 Å². The predicted molar refractivity (Wildman–Crippen MR) is 68.3 cm³/mol. The molecule has 1 aromatic heterocycles. The van der Waals surface area contributed by atoms with Crippen molar-refractivity contribution in [2.24, 2.45) is 5.73 Å². The van der Waals surface area contributed by atoms with E-state index in [1.54, 1.807) is 12.1 Å². The molecule has 0 saturated carbocycles. The van der Waals surface area contributed by atoms with Crippen molar-refractivity contribution >= 4 is 11.7 Å². The molecule has 0 unspecified atom stereocenters. The largest absolute Gasteiger partial charge is 0.320 e. The zero-order chi connectivity index (χ0) is 12.5. The topological polar surface area (TPSA) is 68.0 Å². The Morgan fingerprint density at radius 1 is 1.53 bits per heavy atom. The fourth-order valence-electron chi connectivity index (χ4n) is 1.26. The van der Waals surface area contributed by atoms with Crippen molar-refractivity contribution in [1.82, 2.24) is 4.98 Å². The lowest BCUT2D eigenvalue weighted by Gasteiger charge is -2.03. The zero-order valence-corrected chi connectivity index (χ0v) is 9.99. The molecular formula is C13H17N3O. The van der Waals surface area contributed by atoms with Gasteiger partial charge in [0, 0.05) is 6.42 Å². The molecule has 4 nitrogen and oxygen atoms in total. The summed E-state index contributed by atoms with van der Waals surface area (Å²) < 4.78 is 0. The predicted octanol–water partition coefficient (Wildman–Crippen LogP) is 1.52. The van der Waals surface area contributed by atoms with Crippen LogP contribution in [0.5, 0.6) is 0 Å². The summed E-state index contributed by atoms with van der Waals surface area (Å²) in [5.74, 6) is 6.07. The maximum atomic E-state index is 11.5. The quantitative estimate of drug-likeness (QED) is 0.772. The summed E-state index contributed by atoms with van der Waals surface area (Å²) in [5.41, 5.74) is 5.89. The van der Waals surface area contributed by atoms with Crippen LogP contribution < -0.4 is 11.1 Å². The molecule has 4 heteroatoms. The van der Waals surface area contributed by atoms with Crippen molar-refractivity contribution in [3.05, 3.63) is 23.9 Å². The number of nitrogens with two attached hydrogens (primary N) is 1. The van der Waals surface area contributed by atoms with Gasteiger partial charge in [0.1, 0.15) is 11.5 Å². The molecule has 0 aliphatic carbocycles. The van der Waals surface area contributed by atoms with Crippen LogP contribution in [0.25, 0.3) is 0 Å².